The zero-order valence-electron chi connectivity index (χ0n) is 17.1. The van der Waals surface area contributed by atoms with Gasteiger partial charge in [0.1, 0.15) is 0 Å². The lowest BCUT2D eigenvalue weighted by molar-refractivity contribution is 0.419. The highest BCUT2D eigenvalue weighted by atomic mass is 35.7. The molecule has 0 aliphatic heterocycles. The van der Waals surface area contributed by atoms with Gasteiger partial charge in [-0.2, -0.15) is 0 Å². The normalized spacial score (nSPS) is 23.8. The molecular weight excluding hydrogens is 388 g/mol. The zero-order chi connectivity index (χ0) is 19.6. The van der Waals surface area contributed by atoms with E-state index >= 15 is 0 Å². The lowest BCUT2D eigenvalue weighted by Gasteiger charge is -2.31. The van der Waals surface area contributed by atoms with Gasteiger partial charge in [-0.25, -0.2) is 8.42 Å². The third-order valence-electron chi connectivity index (χ3n) is 7.58. The largest absolute Gasteiger partial charge is 0.261 e. The Hall–Kier alpha value is -0.540. The molecule has 0 radical (unpaired) electrons. The minimum Gasteiger partial charge on any atom is -0.207 e. The van der Waals surface area contributed by atoms with Crippen LogP contribution in [0.4, 0.5) is 0 Å². The number of hydrogen-bond acceptors (Lipinski definition) is 2. The van der Waals surface area contributed by atoms with Crippen LogP contribution >= 0.6 is 10.7 Å². The van der Waals surface area contributed by atoms with E-state index in [1.807, 2.05) is 0 Å². The van der Waals surface area contributed by atoms with E-state index < -0.39 is 9.05 Å². The van der Waals surface area contributed by atoms with Crippen molar-refractivity contribution < 1.29 is 8.42 Å². The number of hydrogen-bond donors (Lipinski definition) is 0. The van der Waals surface area contributed by atoms with Gasteiger partial charge in [0, 0.05) is 10.7 Å². The zero-order valence-corrected chi connectivity index (χ0v) is 18.7. The van der Waals surface area contributed by atoms with Crippen LogP contribution < -0.4 is 0 Å². The highest BCUT2D eigenvalue weighted by molar-refractivity contribution is 8.13. The fraction of sp³-hybridized carbons (Fsp3) is 0.750. The van der Waals surface area contributed by atoms with E-state index in [4.69, 9.17) is 10.7 Å². The third-order valence-corrected chi connectivity index (χ3v) is 9.00. The Balaban J connectivity index is 1.84. The smallest absolute Gasteiger partial charge is 0.207 e. The Kier molecular flexibility index (Phi) is 6.72. The predicted molar refractivity (Wildman–Crippen MR) is 117 cm³/mol. The van der Waals surface area contributed by atoms with Crippen molar-refractivity contribution in [1.29, 1.82) is 0 Å². The summed E-state index contributed by atoms with van der Waals surface area (Å²) < 4.78 is 25.6. The quantitative estimate of drug-likeness (QED) is 0.464. The average Bonchev–Trinajstić information content (AvgIpc) is 2.74. The van der Waals surface area contributed by atoms with Crippen LogP contribution in [-0.2, 0) is 9.05 Å². The van der Waals surface area contributed by atoms with Crippen molar-refractivity contribution in [3.8, 4) is 0 Å². The molecule has 0 bridgehead atoms. The number of rotatable bonds is 4. The highest BCUT2D eigenvalue weighted by Gasteiger charge is 2.32. The highest BCUT2D eigenvalue weighted by Crippen LogP contribution is 2.46. The molecule has 0 saturated heterocycles. The van der Waals surface area contributed by atoms with Crippen molar-refractivity contribution >= 4 is 19.7 Å². The molecule has 28 heavy (non-hydrogen) atoms. The molecule has 0 unspecified atom stereocenters. The fourth-order valence-electron chi connectivity index (χ4n) is 6.09. The standard InChI is InChI=1S/C24H35ClO2S/c25-28(26,27)24-22(19-12-6-2-7-13-19)16-21(18-10-4-1-5-11-18)17-23(24)20-14-8-3-9-15-20/h16-20H,1-15H2. The van der Waals surface area contributed by atoms with E-state index in [0.29, 0.717) is 22.6 Å². The Morgan fingerprint density at radius 1 is 0.607 bits per heavy atom. The Labute approximate surface area is 175 Å². The summed E-state index contributed by atoms with van der Waals surface area (Å²) in [5, 5.41) is 0. The minimum atomic E-state index is -3.74. The van der Waals surface area contributed by atoms with Gasteiger partial charge in [-0.05, 0) is 73.0 Å². The monoisotopic (exact) mass is 422 g/mol. The molecule has 0 atom stereocenters. The van der Waals surface area contributed by atoms with Gasteiger partial charge in [-0.3, -0.25) is 0 Å². The summed E-state index contributed by atoms with van der Waals surface area (Å²) in [5.74, 6) is 1.33. The average molecular weight is 423 g/mol. The molecule has 3 fully saturated rings. The summed E-state index contributed by atoms with van der Waals surface area (Å²) in [4.78, 5) is 0.507. The number of halogens is 1. The second-order valence-electron chi connectivity index (χ2n) is 9.47. The first-order valence-corrected chi connectivity index (χ1v) is 14.0. The first-order chi connectivity index (χ1) is 13.5. The molecule has 4 rings (SSSR count). The molecule has 0 spiro atoms. The van der Waals surface area contributed by atoms with Crippen molar-refractivity contribution in [3.05, 3.63) is 28.8 Å². The Morgan fingerprint density at radius 2 is 0.964 bits per heavy atom. The maximum atomic E-state index is 12.8. The Morgan fingerprint density at radius 3 is 1.32 bits per heavy atom. The van der Waals surface area contributed by atoms with Crippen LogP contribution in [-0.4, -0.2) is 8.42 Å². The van der Waals surface area contributed by atoms with Crippen LogP contribution in [0.3, 0.4) is 0 Å². The second kappa shape index (κ2) is 9.08. The van der Waals surface area contributed by atoms with E-state index in [9.17, 15) is 8.42 Å². The predicted octanol–water partition coefficient (Wildman–Crippen LogP) is 7.76. The molecule has 1 aromatic carbocycles. The van der Waals surface area contributed by atoms with Gasteiger partial charge >= 0.3 is 0 Å². The van der Waals surface area contributed by atoms with E-state index in [1.54, 1.807) is 0 Å². The van der Waals surface area contributed by atoms with Gasteiger partial charge in [0.25, 0.3) is 9.05 Å². The molecule has 0 heterocycles. The SMILES string of the molecule is O=S(=O)(Cl)c1c(C2CCCCC2)cc(C2CCCCC2)cc1C1CCCCC1. The van der Waals surface area contributed by atoms with Crippen LogP contribution in [0, 0.1) is 0 Å². The Bertz CT molecular complexity index is 729. The van der Waals surface area contributed by atoms with Gasteiger partial charge in [0.2, 0.25) is 0 Å². The lowest BCUT2D eigenvalue weighted by atomic mass is 9.76. The lowest BCUT2D eigenvalue weighted by Crippen LogP contribution is -2.16. The summed E-state index contributed by atoms with van der Waals surface area (Å²) >= 11 is 0. The van der Waals surface area contributed by atoms with Crippen molar-refractivity contribution in [3.63, 3.8) is 0 Å². The molecule has 3 saturated carbocycles. The summed E-state index contributed by atoms with van der Waals surface area (Å²) in [6.07, 6.45) is 18.3. The second-order valence-corrected chi connectivity index (χ2v) is 12.0. The van der Waals surface area contributed by atoms with Gasteiger partial charge in [-0.15, -0.1) is 0 Å². The van der Waals surface area contributed by atoms with Crippen molar-refractivity contribution in [1.82, 2.24) is 0 Å². The van der Waals surface area contributed by atoms with Crippen LogP contribution in [0.5, 0.6) is 0 Å². The molecular formula is C24H35ClO2S. The fourth-order valence-corrected chi connectivity index (χ4v) is 7.63. The third kappa shape index (κ3) is 4.61. The maximum Gasteiger partial charge on any atom is 0.261 e. The molecule has 3 aliphatic rings. The summed E-state index contributed by atoms with van der Waals surface area (Å²) in [5.41, 5.74) is 3.54. The van der Waals surface area contributed by atoms with Crippen molar-refractivity contribution in [2.24, 2.45) is 0 Å². The van der Waals surface area contributed by atoms with Crippen LogP contribution in [0.25, 0.3) is 0 Å². The maximum absolute atomic E-state index is 12.8. The van der Waals surface area contributed by atoms with Crippen LogP contribution in [0.15, 0.2) is 17.0 Å². The van der Waals surface area contributed by atoms with Crippen LogP contribution in [0.2, 0.25) is 0 Å². The number of benzene rings is 1. The molecule has 156 valence electrons. The van der Waals surface area contributed by atoms with Gasteiger partial charge in [0.05, 0.1) is 4.90 Å². The summed E-state index contributed by atoms with van der Waals surface area (Å²) in [6, 6.07) is 4.54. The minimum absolute atomic E-state index is 0.364. The molecule has 1 aromatic rings. The van der Waals surface area contributed by atoms with E-state index in [2.05, 4.69) is 12.1 Å². The molecule has 2 nitrogen and oxygen atoms in total. The van der Waals surface area contributed by atoms with Gasteiger partial charge < -0.3 is 0 Å². The molecule has 0 N–H and O–H groups in total. The van der Waals surface area contributed by atoms with Crippen LogP contribution in [0.1, 0.15) is 131 Å². The molecule has 4 heteroatoms. The van der Waals surface area contributed by atoms with E-state index in [1.165, 1.54) is 76.2 Å². The summed E-state index contributed by atoms with van der Waals surface area (Å²) in [6.45, 7) is 0. The summed E-state index contributed by atoms with van der Waals surface area (Å²) in [7, 11) is 2.38. The van der Waals surface area contributed by atoms with E-state index in [0.717, 1.165) is 36.8 Å². The molecule has 3 aliphatic carbocycles. The topological polar surface area (TPSA) is 34.1 Å². The van der Waals surface area contributed by atoms with Crippen molar-refractivity contribution in [2.75, 3.05) is 0 Å². The molecule has 0 aromatic heterocycles. The van der Waals surface area contributed by atoms with Gasteiger partial charge in [-0.1, -0.05) is 69.9 Å². The molecule has 0 amide bonds. The van der Waals surface area contributed by atoms with Crippen molar-refractivity contribution in [2.45, 2.75) is 119 Å². The first kappa shape index (κ1) is 20.7. The van der Waals surface area contributed by atoms with E-state index in [-0.39, 0.29) is 0 Å². The first-order valence-electron chi connectivity index (χ1n) is 11.7. The van der Waals surface area contributed by atoms with Gasteiger partial charge in [0.15, 0.2) is 0 Å².